The Kier molecular flexibility index (Phi) is 8.35. The third-order valence-electron chi connectivity index (χ3n) is 4.01. The van der Waals surface area contributed by atoms with Crippen LogP contribution in [0.5, 0.6) is 0 Å². The molecule has 1 rings (SSSR count). The monoisotopic (exact) mass is 306 g/mol. The molecule has 0 spiro atoms. The van der Waals surface area contributed by atoms with Gasteiger partial charge in [0, 0.05) is 0 Å². The van der Waals surface area contributed by atoms with Crippen molar-refractivity contribution < 1.29 is 18.7 Å². The first kappa shape index (κ1) is 18.2. The second kappa shape index (κ2) is 9.19. The fraction of sp³-hybridized carbons (Fsp3) is 1.00. The van der Waals surface area contributed by atoms with Crippen LogP contribution in [0.25, 0.3) is 0 Å². The second-order valence-corrected chi connectivity index (χ2v) is 7.99. The first-order valence-electron chi connectivity index (χ1n) is 8.19. The highest BCUT2D eigenvalue weighted by Crippen LogP contribution is 2.62. The summed E-state index contributed by atoms with van der Waals surface area (Å²) in [6, 6.07) is 0. The van der Waals surface area contributed by atoms with Gasteiger partial charge in [0.2, 0.25) is 0 Å². The molecule has 0 aromatic rings. The van der Waals surface area contributed by atoms with Crippen LogP contribution >= 0.6 is 7.60 Å². The average molecular weight is 306 g/mol. The van der Waals surface area contributed by atoms with E-state index in [1.165, 1.54) is 25.7 Å². The number of aliphatic hydroxyl groups is 1. The molecule has 0 aliphatic heterocycles. The van der Waals surface area contributed by atoms with Crippen molar-refractivity contribution in [2.75, 3.05) is 13.2 Å². The lowest BCUT2D eigenvalue weighted by molar-refractivity contribution is 0.0494. The molecule has 20 heavy (non-hydrogen) atoms. The number of hydrogen-bond acceptors (Lipinski definition) is 4. The van der Waals surface area contributed by atoms with Crippen LogP contribution in [0.1, 0.15) is 78.1 Å². The van der Waals surface area contributed by atoms with Gasteiger partial charge in [-0.25, -0.2) is 0 Å². The summed E-state index contributed by atoms with van der Waals surface area (Å²) in [4.78, 5) is 0. The highest BCUT2D eigenvalue weighted by molar-refractivity contribution is 7.55. The quantitative estimate of drug-likeness (QED) is 0.737. The Hall–Kier alpha value is 0.110. The van der Waals surface area contributed by atoms with Crippen molar-refractivity contribution in [2.45, 2.75) is 83.4 Å². The van der Waals surface area contributed by atoms with Gasteiger partial charge in [-0.2, -0.15) is 0 Å². The summed E-state index contributed by atoms with van der Waals surface area (Å²) in [5.74, 6) is 0. The molecule has 120 valence electrons. The minimum Gasteiger partial charge on any atom is -0.377 e. The van der Waals surface area contributed by atoms with E-state index >= 15 is 0 Å². The third kappa shape index (κ3) is 5.14. The van der Waals surface area contributed by atoms with Gasteiger partial charge in [0.15, 0.2) is 5.34 Å². The standard InChI is InChI=1S/C15H31O4P/c1-3-18-20(17,19-4-2)15(16)13-11-9-7-5-6-8-10-12-14-15/h16H,3-14H2,1-2H3. The van der Waals surface area contributed by atoms with Gasteiger partial charge in [0.05, 0.1) is 13.2 Å². The Bertz CT molecular complexity index is 284. The van der Waals surface area contributed by atoms with Gasteiger partial charge in [-0.1, -0.05) is 38.5 Å². The molecule has 0 amide bonds. The number of rotatable bonds is 5. The zero-order valence-corrected chi connectivity index (χ0v) is 14.0. The van der Waals surface area contributed by atoms with Gasteiger partial charge in [-0.3, -0.25) is 4.57 Å². The fourth-order valence-electron chi connectivity index (χ4n) is 2.89. The van der Waals surface area contributed by atoms with Crippen molar-refractivity contribution in [3.05, 3.63) is 0 Å². The van der Waals surface area contributed by atoms with Crippen molar-refractivity contribution in [2.24, 2.45) is 0 Å². The Morgan fingerprint density at radius 1 is 0.850 bits per heavy atom. The third-order valence-corrected chi connectivity index (χ3v) is 6.68. The van der Waals surface area contributed by atoms with Crippen LogP contribution in [0.15, 0.2) is 0 Å². The molecule has 4 nitrogen and oxygen atoms in total. The summed E-state index contributed by atoms with van der Waals surface area (Å²) in [7, 11) is -3.45. The molecule has 1 fully saturated rings. The smallest absolute Gasteiger partial charge is 0.361 e. The van der Waals surface area contributed by atoms with Gasteiger partial charge in [0.1, 0.15) is 0 Å². The predicted molar refractivity (Wildman–Crippen MR) is 82.0 cm³/mol. The second-order valence-electron chi connectivity index (χ2n) is 5.64. The molecule has 0 saturated heterocycles. The van der Waals surface area contributed by atoms with Crippen molar-refractivity contribution in [1.82, 2.24) is 0 Å². The fourth-order valence-corrected chi connectivity index (χ4v) is 4.99. The largest absolute Gasteiger partial charge is 0.377 e. The normalized spacial score (nSPS) is 22.1. The van der Waals surface area contributed by atoms with E-state index < -0.39 is 12.9 Å². The maximum Gasteiger partial charge on any atom is 0.361 e. The predicted octanol–water partition coefficient (Wildman–Crippen LogP) is 4.86. The Morgan fingerprint density at radius 3 is 1.55 bits per heavy atom. The summed E-state index contributed by atoms with van der Waals surface area (Å²) in [5.41, 5.74) is 0. The van der Waals surface area contributed by atoms with Gasteiger partial charge in [-0.05, 0) is 39.5 Å². The molecule has 0 aromatic heterocycles. The highest BCUT2D eigenvalue weighted by Gasteiger charge is 2.48. The Labute approximate surface area is 123 Å². The van der Waals surface area contributed by atoms with Crippen molar-refractivity contribution in [3.63, 3.8) is 0 Å². The lowest BCUT2D eigenvalue weighted by Crippen LogP contribution is -2.31. The molecule has 0 aromatic carbocycles. The van der Waals surface area contributed by atoms with Gasteiger partial charge in [0.25, 0.3) is 0 Å². The average Bonchev–Trinajstić information content (AvgIpc) is 2.45. The van der Waals surface area contributed by atoms with E-state index in [-0.39, 0.29) is 0 Å². The minimum absolute atomic E-state index is 0.305. The van der Waals surface area contributed by atoms with E-state index in [1.54, 1.807) is 13.8 Å². The molecule has 1 N–H and O–H groups in total. The SMILES string of the molecule is CCOP(=O)(OCC)C1(O)CCCCCCCCCC1. The first-order chi connectivity index (χ1) is 9.58. The van der Waals surface area contributed by atoms with E-state index in [2.05, 4.69) is 0 Å². The van der Waals surface area contributed by atoms with Crippen LogP contribution in [-0.4, -0.2) is 23.7 Å². The van der Waals surface area contributed by atoms with Crippen molar-refractivity contribution >= 4 is 7.60 Å². The van der Waals surface area contributed by atoms with E-state index in [4.69, 9.17) is 9.05 Å². The molecule has 1 aliphatic rings. The van der Waals surface area contributed by atoms with Gasteiger partial charge in [-0.15, -0.1) is 0 Å². The molecular formula is C15H31O4P. The summed E-state index contributed by atoms with van der Waals surface area (Å²) >= 11 is 0. The Morgan fingerprint density at radius 2 is 1.20 bits per heavy atom. The van der Waals surface area contributed by atoms with Crippen molar-refractivity contribution in [1.29, 1.82) is 0 Å². The van der Waals surface area contributed by atoms with Crippen LogP contribution in [-0.2, 0) is 13.6 Å². The van der Waals surface area contributed by atoms with E-state index in [9.17, 15) is 9.67 Å². The van der Waals surface area contributed by atoms with E-state index in [1.807, 2.05) is 0 Å². The molecule has 0 heterocycles. The first-order valence-corrected chi connectivity index (χ1v) is 9.74. The molecule has 1 aliphatic carbocycles. The lowest BCUT2D eigenvalue weighted by atomic mass is 10.0. The van der Waals surface area contributed by atoms with Gasteiger partial charge >= 0.3 is 7.60 Å². The maximum atomic E-state index is 12.9. The maximum absolute atomic E-state index is 12.9. The van der Waals surface area contributed by atoms with E-state index in [0.29, 0.717) is 26.1 Å². The Balaban J connectivity index is 2.82. The van der Waals surface area contributed by atoms with Crippen molar-refractivity contribution in [3.8, 4) is 0 Å². The summed E-state index contributed by atoms with van der Waals surface area (Å²) in [6.07, 6.45) is 9.92. The van der Waals surface area contributed by atoms with Gasteiger partial charge < -0.3 is 14.2 Å². The van der Waals surface area contributed by atoms with Crippen LogP contribution < -0.4 is 0 Å². The topological polar surface area (TPSA) is 55.8 Å². The molecule has 0 atom stereocenters. The zero-order chi connectivity index (χ0) is 14.9. The van der Waals surface area contributed by atoms with Crippen LogP contribution in [0.2, 0.25) is 0 Å². The summed E-state index contributed by atoms with van der Waals surface area (Å²) in [5, 5.41) is 9.65. The molecule has 5 heteroatoms. The molecular weight excluding hydrogens is 275 g/mol. The molecule has 1 saturated carbocycles. The molecule has 0 unspecified atom stereocenters. The molecule has 0 bridgehead atoms. The summed E-state index contributed by atoms with van der Waals surface area (Å²) in [6.45, 7) is 4.19. The van der Waals surface area contributed by atoms with E-state index in [0.717, 1.165) is 25.7 Å². The minimum atomic E-state index is -3.45. The lowest BCUT2D eigenvalue weighted by Gasteiger charge is -2.34. The summed E-state index contributed by atoms with van der Waals surface area (Å²) < 4.78 is 23.7. The highest BCUT2D eigenvalue weighted by atomic mass is 31.2. The van der Waals surface area contributed by atoms with Crippen LogP contribution in [0.3, 0.4) is 0 Å². The zero-order valence-electron chi connectivity index (χ0n) is 13.1. The van der Waals surface area contributed by atoms with Crippen LogP contribution in [0.4, 0.5) is 0 Å². The number of hydrogen-bond donors (Lipinski definition) is 1. The molecule has 0 radical (unpaired) electrons. The van der Waals surface area contributed by atoms with Crippen LogP contribution in [0, 0.1) is 0 Å².